The molecule has 2 nitrogen and oxygen atoms in total. The van der Waals surface area contributed by atoms with Crippen molar-refractivity contribution in [3.8, 4) is 11.3 Å². The Kier molecular flexibility index (Phi) is 3.96. The summed E-state index contributed by atoms with van der Waals surface area (Å²) < 4.78 is 0. The first-order valence-corrected chi connectivity index (χ1v) is 7.05. The Labute approximate surface area is 121 Å². The standard InChI is InChI=1S/C18H23NO/c1-12-9-14(11-15(10-12)18(3,4)5)17-8-6-7-16(19-17)13(2)20/h6-11,13,20H,1-5H3/t13-/m0/s1. The Balaban J connectivity index is 2.53. The molecule has 0 amide bonds. The molecule has 0 aliphatic heterocycles. The monoisotopic (exact) mass is 269 g/mol. The van der Waals surface area contributed by atoms with E-state index in [9.17, 15) is 5.11 Å². The maximum absolute atomic E-state index is 9.67. The Morgan fingerprint density at radius 3 is 2.40 bits per heavy atom. The van der Waals surface area contributed by atoms with Crippen LogP contribution < -0.4 is 0 Å². The molecule has 0 radical (unpaired) electrons. The van der Waals surface area contributed by atoms with Gasteiger partial charge in [0.05, 0.1) is 17.5 Å². The summed E-state index contributed by atoms with van der Waals surface area (Å²) in [6, 6.07) is 12.4. The summed E-state index contributed by atoms with van der Waals surface area (Å²) in [5.74, 6) is 0. The van der Waals surface area contributed by atoms with E-state index in [0.29, 0.717) is 5.69 Å². The third-order valence-corrected chi connectivity index (χ3v) is 3.44. The molecule has 2 heteroatoms. The quantitative estimate of drug-likeness (QED) is 0.876. The second-order valence-electron chi connectivity index (χ2n) is 6.46. The molecule has 0 aliphatic rings. The number of nitrogens with zero attached hydrogens (tertiary/aromatic N) is 1. The van der Waals surface area contributed by atoms with Gasteiger partial charge in [0, 0.05) is 5.56 Å². The van der Waals surface area contributed by atoms with Crippen molar-refractivity contribution in [2.45, 2.75) is 46.1 Å². The summed E-state index contributed by atoms with van der Waals surface area (Å²) in [4.78, 5) is 4.56. The molecule has 2 aromatic rings. The number of aliphatic hydroxyl groups is 1. The van der Waals surface area contributed by atoms with Crippen LogP contribution in [0.1, 0.15) is 50.6 Å². The van der Waals surface area contributed by atoms with Crippen LogP contribution in [0.2, 0.25) is 0 Å². The van der Waals surface area contributed by atoms with E-state index in [0.717, 1.165) is 11.3 Å². The lowest BCUT2D eigenvalue weighted by atomic mass is 9.85. The highest BCUT2D eigenvalue weighted by atomic mass is 16.3. The average Bonchev–Trinajstić information content (AvgIpc) is 2.37. The van der Waals surface area contributed by atoms with Crippen LogP contribution in [0.4, 0.5) is 0 Å². The van der Waals surface area contributed by atoms with E-state index in [-0.39, 0.29) is 5.41 Å². The molecule has 0 spiro atoms. The highest BCUT2D eigenvalue weighted by Gasteiger charge is 2.15. The lowest BCUT2D eigenvalue weighted by Gasteiger charge is -2.21. The van der Waals surface area contributed by atoms with Crippen LogP contribution in [-0.4, -0.2) is 10.1 Å². The molecule has 0 unspecified atom stereocenters. The van der Waals surface area contributed by atoms with E-state index in [1.54, 1.807) is 6.92 Å². The molecular weight excluding hydrogens is 246 g/mol. The zero-order chi connectivity index (χ0) is 14.9. The lowest BCUT2D eigenvalue weighted by molar-refractivity contribution is 0.194. The van der Waals surface area contributed by atoms with Gasteiger partial charge in [0.15, 0.2) is 0 Å². The van der Waals surface area contributed by atoms with Crippen LogP contribution in [0, 0.1) is 6.92 Å². The number of hydrogen-bond acceptors (Lipinski definition) is 2. The molecule has 106 valence electrons. The molecule has 0 saturated heterocycles. The summed E-state index contributed by atoms with van der Waals surface area (Å²) in [6.45, 7) is 10.5. The van der Waals surface area contributed by atoms with E-state index in [1.807, 2.05) is 18.2 Å². The predicted molar refractivity (Wildman–Crippen MR) is 83.7 cm³/mol. The van der Waals surface area contributed by atoms with Crippen LogP contribution in [0.15, 0.2) is 36.4 Å². The van der Waals surface area contributed by atoms with Gasteiger partial charge in [-0.25, -0.2) is 0 Å². The molecule has 1 aromatic heterocycles. The van der Waals surface area contributed by atoms with E-state index < -0.39 is 6.10 Å². The number of pyridine rings is 1. The number of hydrogen-bond donors (Lipinski definition) is 1. The van der Waals surface area contributed by atoms with E-state index in [1.165, 1.54) is 11.1 Å². The van der Waals surface area contributed by atoms with Crippen molar-refractivity contribution in [1.29, 1.82) is 0 Å². The maximum atomic E-state index is 9.67. The minimum absolute atomic E-state index is 0.114. The number of benzene rings is 1. The molecule has 0 fully saturated rings. The van der Waals surface area contributed by atoms with Gasteiger partial charge in [0.1, 0.15) is 0 Å². The fraction of sp³-hybridized carbons (Fsp3) is 0.389. The van der Waals surface area contributed by atoms with Crippen LogP contribution in [-0.2, 0) is 5.41 Å². The minimum atomic E-state index is -0.540. The molecule has 20 heavy (non-hydrogen) atoms. The third kappa shape index (κ3) is 3.26. The highest BCUT2D eigenvalue weighted by Crippen LogP contribution is 2.28. The van der Waals surface area contributed by atoms with Gasteiger partial charge in [-0.1, -0.05) is 38.5 Å². The number of rotatable bonds is 2. The molecule has 0 bridgehead atoms. The second kappa shape index (κ2) is 5.37. The molecule has 1 N–H and O–H groups in total. The van der Waals surface area contributed by atoms with Crippen LogP contribution in [0.3, 0.4) is 0 Å². The van der Waals surface area contributed by atoms with Gasteiger partial charge in [-0.05, 0) is 49.1 Å². The van der Waals surface area contributed by atoms with Crippen molar-refractivity contribution >= 4 is 0 Å². The van der Waals surface area contributed by atoms with Crippen molar-refractivity contribution in [3.63, 3.8) is 0 Å². The number of aromatic nitrogens is 1. The van der Waals surface area contributed by atoms with E-state index in [4.69, 9.17) is 0 Å². The first-order chi connectivity index (χ1) is 9.27. The van der Waals surface area contributed by atoms with Gasteiger partial charge < -0.3 is 5.11 Å². The topological polar surface area (TPSA) is 33.1 Å². The first kappa shape index (κ1) is 14.7. The molecular formula is C18H23NO. The van der Waals surface area contributed by atoms with Gasteiger partial charge in [-0.2, -0.15) is 0 Å². The van der Waals surface area contributed by atoms with Gasteiger partial charge in [-0.15, -0.1) is 0 Å². The van der Waals surface area contributed by atoms with Gasteiger partial charge in [-0.3, -0.25) is 4.98 Å². The molecule has 2 rings (SSSR count). The largest absolute Gasteiger partial charge is 0.387 e. The summed E-state index contributed by atoms with van der Waals surface area (Å²) in [5, 5.41) is 9.67. The molecule has 0 aliphatic carbocycles. The van der Waals surface area contributed by atoms with E-state index >= 15 is 0 Å². The molecule has 1 heterocycles. The van der Waals surface area contributed by atoms with Crippen molar-refractivity contribution in [3.05, 3.63) is 53.2 Å². The smallest absolute Gasteiger partial charge is 0.0932 e. The summed E-state index contributed by atoms with van der Waals surface area (Å²) in [7, 11) is 0. The van der Waals surface area contributed by atoms with Gasteiger partial charge >= 0.3 is 0 Å². The lowest BCUT2D eigenvalue weighted by Crippen LogP contribution is -2.11. The fourth-order valence-electron chi connectivity index (χ4n) is 2.21. The third-order valence-electron chi connectivity index (χ3n) is 3.44. The number of aliphatic hydroxyl groups excluding tert-OH is 1. The SMILES string of the molecule is Cc1cc(-c2cccc([C@H](C)O)n2)cc(C(C)(C)C)c1. The van der Waals surface area contributed by atoms with Crippen LogP contribution in [0.25, 0.3) is 11.3 Å². The van der Waals surface area contributed by atoms with Crippen molar-refractivity contribution < 1.29 is 5.11 Å². The average molecular weight is 269 g/mol. The Morgan fingerprint density at radius 2 is 1.80 bits per heavy atom. The van der Waals surface area contributed by atoms with Gasteiger partial charge in [0.2, 0.25) is 0 Å². The maximum Gasteiger partial charge on any atom is 0.0932 e. The zero-order valence-electron chi connectivity index (χ0n) is 12.9. The summed E-state index contributed by atoms with van der Waals surface area (Å²) >= 11 is 0. The Bertz CT molecular complexity index is 609. The molecule has 0 saturated carbocycles. The van der Waals surface area contributed by atoms with Crippen LogP contribution in [0.5, 0.6) is 0 Å². The first-order valence-electron chi connectivity index (χ1n) is 7.05. The number of aryl methyl sites for hydroxylation is 1. The highest BCUT2D eigenvalue weighted by molar-refractivity contribution is 5.62. The molecule has 1 aromatic carbocycles. The van der Waals surface area contributed by atoms with Crippen molar-refractivity contribution in [2.24, 2.45) is 0 Å². The Hall–Kier alpha value is -1.67. The normalized spacial score (nSPS) is 13.3. The predicted octanol–water partition coefficient (Wildman–Crippen LogP) is 4.41. The van der Waals surface area contributed by atoms with Crippen LogP contribution >= 0.6 is 0 Å². The van der Waals surface area contributed by atoms with Crippen molar-refractivity contribution in [2.75, 3.05) is 0 Å². The Morgan fingerprint density at radius 1 is 1.10 bits per heavy atom. The zero-order valence-corrected chi connectivity index (χ0v) is 12.9. The summed E-state index contributed by atoms with van der Waals surface area (Å²) in [6.07, 6.45) is -0.540. The summed E-state index contributed by atoms with van der Waals surface area (Å²) in [5.41, 5.74) is 5.38. The van der Waals surface area contributed by atoms with Gasteiger partial charge in [0.25, 0.3) is 0 Å². The fourth-order valence-corrected chi connectivity index (χ4v) is 2.21. The van der Waals surface area contributed by atoms with E-state index in [2.05, 4.69) is 50.9 Å². The second-order valence-corrected chi connectivity index (χ2v) is 6.46. The minimum Gasteiger partial charge on any atom is -0.387 e. The van der Waals surface area contributed by atoms with Crippen molar-refractivity contribution in [1.82, 2.24) is 4.98 Å². The molecule has 1 atom stereocenters.